The first kappa shape index (κ1) is 22.5. The summed E-state index contributed by atoms with van der Waals surface area (Å²) in [4.78, 5) is 18.0. The summed E-state index contributed by atoms with van der Waals surface area (Å²) >= 11 is 1.42. The number of nitrogens with one attached hydrogen (secondary N) is 2. The van der Waals surface area contributed by atoms with Crippen molar-refractivity contribution in [3.8, 4) is 0 Å². The summed E-state index contributed by atoms with van der Waals surface area (Å²) in [6, 6.07) is 18.5. The molecule has 0 unspecified atom stereocenters. The number of amides is 1. The van der Waals surface area contributed by atoms with Gasteiger partial charge in [0.1, 0.15) is 0 Å². The maximum atomic E-state index is 12.6. The van der Waals surface area contributed by atoms with Gasteiger partial charge < -0.3 is 19.9 Å². The Kier molecular flexibility index (Phi) is 7.11. The predicted molar refractivity (Wildman–Crippen MR) is 134 cm³/mol. The smallest absolute Gasteiger partial charge is 0.230 e. The lowest BCUT2D eigenvalue weighted by Crippen LogP contribution is -2.38. The molecule has 0 radical (unpaired) electrons. The molecule has 176 valence electrons. The van der Waals surface area contributed by atoms with Crippen molar-refractivity contribution in [2.45, 2.75) is 18.1 Å². The highest BCUT2D eigenvalue weighted by Gasteiger charge is 2.21. The zero-order valence-electron chi connectivity index (χ0n) is 18.9. The first-order valence-corrected chi connectivity index (χ1v) is 12.5. The number of aromatic nitrogens is 4. The molecule has 2 aromatic heterocycles. The van der Waals surface area contributed by atoms with Gasteiger partial charge >= 0.3 is 0 Å². The molecule has 8 nitrogen and oxygen atoms in total. The SMILES string of the molecule is O=C(CSc1nnc(N2CCOCC2)n1Cc1ccccc1)NCCc1c[nH]c2ccccc12. The number of morpholine rings is 1. The van der Waals surface area contributed by atoms with Gasteiger partial charge in [-0.15, -0.1) is 10.2 Å². The minimum atomic E-state index is -0.00738. The molecule has 1 amide bonds. The lowest BCUT2D eigenvalue weighted by atomic mass is 10.1. The zero-order chi connectivity index (χ0) is 23.2. The number of aromatic amines is 1. The highest BCUT2D eigenvalue weighted by Crippen LogP contribution is 2.24. The number of fused-ring (bicyclic) bond motifs is 1. The molecule has 0 bridgehead atoms. The highest BCUT2D eigenvalue weighted by molar-refractivity contribution is 7.99. The van der Waals surface area contributed by atoms with Gasteiger partial charge in [0.25, 0.3) is 0 Å². The molecule has 2 N–H and O–H groups in total. The summed E-state index contributed by atoms with van der Waals surface area (Å²) in [6.07, 6.45) is 2.80. The Hall–Kier alpha value is -3.30. The van der Waals surface area contributed by atoms with Crippen LogP contribution >= 0.6 is 11.8 Å². The Morgan fingerprint density at radius 3 is 2.71 bits per heavy atom. The van der Waals surface area contributed by atoms with Gasteiger partial charge in [-0.3, -0.25) is 9.36 Å². The molecule has 1 aliphatic heterocycles. The van der Waals surface area contributed by atoms with Crippen molar-refractivity contribution in [2.24, 2.45) is 0 Å². The third-order valence-corrected chi connectivity index (χ3v) is 6.87. The molecule has 3 heterocycles. The number of hydrogen-bond donors (Lipinski definition) is 2. The number of para-hydroxylation sites is 1. The van der Waals surface area contributed by atoms with Crippen molar-refractivity contribution in [2.75, 3.05) is 43.5 Å². The molecular formula is C25H28N6O2S. The number of hydrogen-bond acceptors (Lipinski definition) is 6. The second-order valence-corrected chi connectivity index (χ2v) is 9.14. The van der Waals surface area contributed by atoms with E-state index in [1.54, 1.807) is 0 Å². The van der Waals surface area contributed by atoms with Crippen molar-refractivity contribution >= 4 is 34.5 Å². The van der Waals surface area contributed by atoms with Gasteiger partial charge in [-0.1, -0.05) is 60.3 Å². The van der Waals surface area contributed by atoms with E-state index in [0.29, 0.717) is 32.1 Å². The summed E-state index contributed by atoms with van der Waals surface area (Å²) < 4.78 is 7.60. The Morgan fingerprint density at radius 1 is 1.06 bits per heavy atom. The Balaban J connectivity index is 1.20. The van der Waals surface area contributed by atoms with Crippen LogP contribution in [0.1, 0.15) is 11.1 Å². The predicted octanol–water partition coefficient (Wildman–Crippen LogP) is 3.10. The van der Waals surface area contributed by atoms with Crippen LogP contribution in [0.15, 0.2) is 66.0 Å². The van der Waals surface area contributed by atoms with Gasteiger partial charge in [0.05, 0.1) is 25.5 Å². The van der Waals surface area contributed by atoms with Crippen LogP contribution in [0.3, 0.4) is 0 Å². The number of benzene rings is 2. The largest absolute Gasteiger partial charge is 0.378 e. The van der Waals surface area contributed by atoms with Crippen LogP contribution in [0.25, 0.3) is 10.9 Å². The Morgan fingerprint density at radius 2 is 1.85 bits per heavy atom. The van der Waals surface area contributed by atoms with E-state index in [-0.39, 0.29) is 5.91 Å². The molecule has 9 heteroatoms. The minimum absolute atomic E-state index is 0.00738. The second-order valence-electron chi connectivity index (χ2n) is 8.20. The number of anilines is 1. The first-order chi connectivity index (χ1) is 16.8. The molecule has 0 atom stereocenters. The number of rotatable bonds is 9. The quantitative estimate of drug-likeness (QED) is 0.361. The van der Waals surface area contributed by atoms with Crippen LogP contribution in [-0.4, -0.2) is 64.3 Å². The van der Waals surface area contributed by atoms with Crippen LogP contribution in [0, 0.1) is 0 Å². The summed E-state index contributed by atoms with van der Waals surface area (Å²) in [5.41, 5.74) is 3.50. The maximum absolute atomic E-state index is 12.6. The normalized spacial score (nSPS) is 13.9. The molecule has 34 heavy (non-hydrogen) atoms. The van der Waals surface area contributed by atoms with Gasteiger partial charge in [-0.05, 0) is 23.6 Å². The first-order valence-electron chi connectivity index (χ1n) is 11.5. The lowest BCUT2D eigenvalue weighted by molar-refractivity contribution is -0.118. The summed E-state index contributed by atoms with van der Waals surface area (Å²) in [5.74, 6) is 1.12. The topological polar surface area (TPSA) is 88.1 Å². The van der Waals surface area contributed by atoms with E-state index in [9.17, 15) is 4.79 Å². The third kappa shape index (κ3) is 5.26. The molecule has 5 rings (SSSR count). The van der Waals surface area contributed by atoms with Crippen LogP contribution in [0.2, 0.25) is 0 Å². The number of ether oxygens (including phenoxy) is 1. The molecule has 0 saturated carbocycles. The average molecular weight is 477 g/mol. The molecule has 2 aromatic carbocycles. The maximum Gasteiger partial charge on any atom is 0.230 e. The van der Waals surface area contributed by atoms with E-state index in [4.69, 9.17) is 4.74 Å². The Labute approximate surface area is 202 Å². The average Bonchev–Trinajstić information content (AvgIpc) is 3.48. The number of nitrogens with zero attached hydrogens (tertiary/aromatic N) is 4. The molecular weight excluding hydrogens is 448 g/mol. The fraction of sp³-hybridized carbons (Fsp3) is 0.320. The summed E-state index contributed by atoms with van der Waals surface area (Å²) in [7, 11) is 0. The van der Waals surface area contributed by atoms with Crippen LogP contribution in [0.5, 0.6) is 0 Å². The van der Waals surface area contributed by atoms with Gasteiger partial charge in [0, 0.05) is 36.7 Å². The van der Waals surface area contributed by atoms with Gasteiger partial charge in [-0.25, -0.2) is 0 Å². The number of carbonyl (C=O) groups is 1. The van der Waals surface area contributed by atoms with Crippen molar-refractivity contribution in [1.82, 2.24) is 25.1 Å². The minimum Gasteiger partial charge on any atom is -0.378 e. The third-order valence-electron chi connectivity index (χ3n) is 5.90. The monoisotopic (exact) mass is 476 g/mol. The van der Waals surface area contributed by atoms with E-state index >= 15 is 0 Å². The van der Waals surface area contributed by atoms with Crippen LogP contribution < -0.4 is 10.2 Å². The number of carbonyl (C=O) groups excluding carboxylic acids is 1. The molecule has 0 aliphatic carbocycles. The van der Waals surface area contributed by atoms with Crippen molar-refractivity contribution < 1.29 is 9.53 Å². The zero-order valence-corrected chi connectivity index (χ0v) is 19.8. The van der Waals surface area contributed by atoms with Crippen molar-refractivity contribution in [1.29, 1.82) is 0 Å². The number of H-pyrrole nitrogens is 1. The van der Waals surface area contributed by atoms with Crippen LogP contribution in [-0.2, 0) is 22.5 Å². The fourth-order valence-electron chi connectivity index (χ4n) is 4.15. The van der Waals surface area contributed by atoms with Gasteiger partial charge in [-0.2, -0.15) is 0 Å². The van der Waals surface area contributed by atoms with E-state index in [2.05, 4.69) is 54.2 Å². The Bertz CT molecular complexity index is 1230. The standard InChI is InChI=1S/C25H28N6O2S/c32-23(26-11-10-20-16-27-22-9-5-4-8-21(20)22)18-34-25-29-28-24(30-12-14-33-15-13-30)31(25)17-19-6-2-1-3-7-19/h1-9,16,27H,10-15,17-18H2,(H,26,32). The molecule has 1 fully saturated rings. The van der Waals surface area contributed by atoms with E-state index in [0.717, 1.165) is 36.1 Å². The molecule has 0 spiro atoms. The second kappa shape index (κ2) is 10.8. The van der Waals surface area contributed by atoms with E-state index in [1.165, 1.54) is 28.3 Å². The van der Waals surface area contributed by atoms with Crippen molar-refractivity contribution in [3.63, 3.8) is 0 Å². The molecule has 4 aromatic rings. The van der Waals surface area contributed by atoms with E-state index < -0.39 is 0 Å². The van der Waals surface area contributed by atoms with Crippen molar-refractivity contribution in [3.05, 3.63) is 71.9 Å². The molecule has 1 saturated heterocycles. The fourth-order valence-corrected chi connectivity index (χ4v) is 4.91. The van der Waals surface area contributed by atoms with Crippen LogP contribution in [0.4, 0.5) is 5.95 Å². The summed E-state index contributed by atoms with van der Waals surface area (Å²) in [5, 5.41) is 13.9. The summed E-state index contributed by atoms with van der Waals surface area (Å²) in [6.45, 7) is 4.18. The van der Waals surface area contributed by atoms with E-state index in [1.807, 2.05) is 36.5 Å². The van der Waals surface area contributed by atoms with Gasteiger partial charge in [0.15, 0.2) is 5.16 Å². The van der Waals surface area contributed by atoms with Gasteiger partial charge in [0.2, 0.25) is 11.9 Å². The number of thioether (sulfide) groups is 1. The highest BCUT2D eigenvalue weighted by atomic mass is 32.2. The molecule has 1 aliphatic rings. The lowest BCUT2D eigenvalue weighted by Gasteiger charge is -2.28.